The number of aromatic nitrogens is 1. The van der Waals surface area contributed by atoms with Crippen molar-refractivity contribution in [3.8, 4) is 0 Å². The van der Waals surface area contributed by atoms with Gasteiger partial charge in [0.15, 0.2) is 0 Å². The van der Waals surface area contributed by atoms with Gasteiger partial charge in [-0.1, -0.05) is 60.7 Å². The molecule has 0 atom stereocenters. The van der Waals surface area contributed by atoms with Crippen LogP contribution >= 0.6 is 0 Å². The molecule has 0 bridgehead atoms. The molecule has 31 heavy (non-hydrogen) atoms. The first kappa shape index (κ1) is 19.8. The number of hydrogen-bond acceptors (Lipinski definition) is 6. The van der Waals surface area contributed by atoms with Gasteiger partial charge >= 0.3 is 0 Å². The lowest BCUT2D eigenvalue weighted by molar-refractivity contribution is 0.120. The van der Waals surface area contributed by atoms with Crippen molar-refractivity contribution >= 4 is 26.5 Å². The Morgan fingerprint density at radius 1 is 0.871 bits per heavy atom. The van der Waals surface area contributed by atoms with E-state index in [1.165, 1.54) is 0 Å². The average molecular weight is 435 g/mol. The number of ether oxygens (including phenoxy) is 1. The number of oxazole rings is 1. The SMILES string of the molecule is O=S(=O)(c1ccccc1)c1nc(Cc2cccc3ccccc23)oc1N1CCOCC1. The number of nitrogens with zero attached hydrogens (tertiary/aromatic N) is 2. The summed E-state index contributed by atoms with van der Waals surface area (Å²) in [4.78, 5) is 6.60. The van der Waals surface area contributed by atoms with Crippen molar-refractivity contribution in [2.24, 2.45) is 0 Å². The lowest BCUT2D eigenvalue weighted by atomic mass is 10.0. The van der Waals surface area contributed by atoms with Gasteiger partial charge in [-0.25, -0.2) is 8.42 Å². The summed E-state index contributed by atoms with van der Waals surface area (Å²) in [7, 11) is -3.82. The Bertz CT molecular complexity index is 1300. The summed E-state index contributed by atoms with van der Waals surface area (Å²) in [6, 6.07) is 22.5. The molecule has 3 aromatic carbocycles. The molecule has 1 aliphatic rings. The minimum absolute atomic E-state index is 0.0316. The normalized spacial score (nSPS) is 14.8. The number of anilines is 1. The van der Waals surface area contributed by atoms with Crippen LogP contribution in [-0.2, 0) is 21.0 Å². The molecule has 0 N–H and O–H groups in total. The summed E-state index contributed by atoms with van der Waals surface area (Å²) in [5.41, 5.74) is 1.04. The predicted molar refractivity (Wildman–Crippen MR) is 118 cm³/mol. The Morgan fingerprint density at radius 3 is 2.39 bits per heavy atom. The maximum Gasteiger partial charge on any atom is 0.236 e. The number of sulfone groups is 1. The molecule has 1 aromatic heterocycles. The van der Waals surface area contributed by atoms with Crippen molar-refractivity contribution in [3.05, 3.63) is 84.3 Å². The maximum atomic E-state index is 13.4. The zero-order chi connectivity index (χ0) is 21.3. The van der Waals surface area contributed by atoms with Gasteiger partial charge in [0.05, 0.1) is 24.5 Å². The van der Waals surface area contributed by atoms with Crippen molar-refractivity contribution in [2.75, 3.05) is 31.2 Å². The third kappa shape index (κ3) is 3.82. The fraction of sp³-hybridized carbons (Fsp3) is 0.208. The van der Waals surface area contributed by atoms with E-state index in [9.17, 15) is 8.42 Å². The standard InChI is InChI=1S/C24H22N2O4S/c27-31(28,20-10-2-1-3-11-20)23-24(26-13-15-29-16-14-26)30-22(25-23)17-19-9-6-8-18-7-4-5-12-21(18)19/h1-12H,13-17H2. The zero-order valence-corrected chi connectivity index (χ0v) is 17.7. The third-order valence-electron chi connectivity index (χ3n) is 5.45. The molecule has 6 nitrogen and oxygen atoms in total. The van der Waals surface area contributed by atoms with Crippen molar-refractivity contribution in [1.29, 1.82) is 0 Å². The quantitative estimate of drug-likeness (QED) is 0.471. The van der Waals surface area contributed by atoms with Crippen LogP contribution in [0.15, 0.2) is 87.1 Å². The van der Waals surface area contributed by atoms with E-state index < -0.39 is 9.84 Å². The topological polar surface area (TPSA) is 72.6 Å². The molecular formula is C24H22N2O4S. The second-order valence-corrected chi connectivity index (χ2v) is 9.31. The smallest absolute Gasteiger partial charge is 0.236 e. The van der Waals surface area contributed by atoms with Crippen LogP contribution in [0.3, 0.4) is 0 Å². The van der Waals surface area contributed by atoms with Gasteiger partial charge in [0.25, 0.3) is 0 Å². The van der Waals surface area contributed by atoms with Gasteiger partial charge in [-0.05, 0) is 28.5 Å². The number of morpholine rings is 1. The first-order valence-electron chi connectivity index (χ1n) is 10.2. The van der Waals surface area contributed by atoms with E-state index in [4.69, 9.17) is 9.15 Å². The predicted octanol–water partition coefficient (Wildman–Crippen LogP) is 4.09. The Labute approximate surface area is 181 Å². The molecule has 0 aliphatic carbocycles. The first-order valence-corrected chi connectivity index (χ1v) is 11.7. The van der Waals surface area contributed by atoms with Crippen LogP contribution in [0, 0.1) is 0 Å². The molecule has 4 aromatic rings. The largest absolute Gasteiger partial charge is 0.423 e. The average Bonchev–Trinajstić information content (AvgIpc) is 3.25. The molecule has 0 spiro atoms. The highest BCUT2D eigenvalue weighted by Gasteiger charge is 2.31. The summed E-state index contributed by atoms with van der Waals surface area (Å²) in [6.45, 7) is 2.15. The highest BCUT2D eigenvalue weighted by atomic mass is 32.2. The van der Waals surface area contributed by atoms with Crippen LogP contribution in [0.1, 0.15) is 11.5 Å². The summed E-state index contributed by atoms with van der Waals surface area (Å²) in [6.07, 6.45) is 0.406. The molecule has 2 heterocycles. The number of benzene rings is 3. The molecule has 1 fully saturated rings. The van der Waals surface area contributed by atoms with Crippen LogP contribution in [0.4, 0.5) is 5.88 Å². The van der Waals surface area contributed by atoms with E-state index in [1.54, 1.807) is 30.3 Å². The molecular weight excluding hydrogens is 412 g/mol. The molecule has 0 amide bonds. The molecule has 0 saturated carbocycles. The van der Waals surface area contributed by atoms with E-state index in [0.717, 1.165) is 16.3 Å². The van der Waals surface area contributed by atoms with E-state index in [2.05, 4.69) is 23.2 Å². The van der Waals surface area contributed by atoms with Crippen molar-refractivity contribution in [2.45, 2.75) is 16.3 Å². The van der Waals surface area contributed by atoms with Crippen LogP contribution in [0.5, 0.6) is 0 Å². The maximum absolute atomic E-state index is 13.4. The van der Waals surface area contributed by atoms with Gasteiger partial charge in [0.1, 0.15) is 0 Å². The first-order chi connectivity index (χ1) is 15.1. The monoisotopic (exact) mass is 434 g/mol. The molecule has 0 radical (unpaired) electrons. The number of hydrogen-bond donors (Lipinski definition) is 0. The Kier molecular flexibility index (Phi) is 5.21. The highest BCUT2D eigenvalue weighted by Crippen LogP contribution is 2.33. The third-order valence-corrected chi connectivity index (χ3v) is 7.12. The van der Waals surface area contributed by atoms with E-state index in [-0.39, 0.29) is 9.92 Å². The summed E-state index contributed by atoms with van der Waals surface area (Å²) in [5, 5.41) is 2.19. The Morgan fingerprint density at radius 2 is 1.58 bits per heavy atom. The summed E-state index contributed by atoms with van der Waals surface area (Å²) in [5.74, 6) is 0.676. The van der Waals surface area contributed by atoms with Crippen LogP contribution in [0.2, 0.25) is 0 Å². The fourth-order valence-electron chi connectivity index (χ4n) is 3.88. The lowest BCUT2D eigenvalue weighted by Crippen LogP contribution is -2.36. The molecule has 1 saturated heterocycles. The van der Waals surface area contributed by atoms with Gasteiger partial charge < -0.3 is 14.1 Å². The second-order valence-electron chi connectivity index (χ2n) is 7.45. The van der Waals surface area contributed by atoms with Gasteiger partial charge in [0, 0.05) is 13.1 Å². The summed E-state index contributed by atoms with van der Waals surface area (Å²) < 4.78 is 38.3. The zero-order valence-electron chi connectivity index (χ0n) is 16.9. The molecule has 5 rings (SSSR count). The Hall–Kier alpha value is -3.16. The van der Waals surface area contributed by atoms with Gasteiger partial charge in [-0.3, -0.25) is 0 Å². The van der Waals surface area contributed by atoms with Crippen LogP contribution < -0.4 is 4.90 Å². The Balaban J connectivity index is 1.59. The van der Waals surface area contributed by atoms with E-state index in [1.807, 2.05) is 29.2 Å². The van der Waals surface area contributed by atoms with Crippen LogP contribution in [0.25, 0.3) is 10.8 Å². The molecule has 1 aliphatic heterocycles. The second kappa shape index (κ2) is 8.17. The van der Waals surface area contributed by atoms with Crippen molar-refractivity contribution < 1.29 is 17.6 Å². The lowest BCUT2D eigenvalue weighted by Gasteiger charge is -2.26. The number of rotatable bonds is 5. The van der Waals surface area contributed by atoms with Crippen LogP contribution in [-0.4, -0.2) is 39.7 Å². The highest BCUT2D eigenvalue weighted by molar-refractivity contribution is 7.91. The summed E-state index contributed by atoms with van der Waals surface area (Å²) >= 11 is 0. The van der Waals surface area contributed by atoms with Gasteiger partial charge in [0.2, 0.25) is 26.6 Å². The molecule has 158 valence electrons. The van der Waals surface area contributed by atoms with Gasteiger partial charge in [-0.15, -0.1) is 0 Å². The molecule has 7 heteroatoms. The van der Waals surface area contributed by atoms with E-state index in [0.29, 0.717) is 44.5 Å². The van der Waals surface area contributed by atoms with E-state index >= 15 is 0 Å². The number of fused-ring (bicyclic) bond motifs is 1. The minimum Gasteiger partial charge on any atom is -0.423 e. The molecule has 0 unspecified atom stereocenters. The fourth-order valence-corrected chi connectivity index (χ4v) is 5.24. The minimum atomic E-state index is -3.82. The van der Waals surface area contributed by atoms with Gasteiger partial charge in [-0.2, -0.15) is 4.98 Å². The van der Waals surface area contributed by atoms with Crippen molar-refractivity contribution in [3.63, 3.8) is 0 Å². The van der Waals surface area contributed by atoms with Crippen molar-refractivity contribution in [1.82, 2.24) is 4.98 Å².